The molecule has 0 fully saturated rings. The summed E-state index contributed by atoms with van der Waals surface area (Å²) in [5.74, 6) is -0.776. The zero-order valence-corrected chi connectivity index (χ0v) is 21.9. The molecule has 0 aliphatic carbocycles. The Bertz CT molecular complexity index is 497. The molecule has 0 aromatic heterocycles. The van der Waals surface area contributed by atoms with Crippen LogP contribution < -0.4 is 5.32 Å². The van der Waals surface area contributed by atoms with Gasteiger partial charge in [-0.25, -0.2) is 0 Å². The van der Waals surface area contributed by atoms with Crippen LogP contribution in [0.3, 0.4) is 0 Å². The van der Waals surface area contributed by atoms with Crippen molar-refractivity contribution in [2.75, 3.05) is 26.7 Å². The Labute approximate surface area is 203 Å². The van der Waals surface area contributed by atoms with Gasteiger partial charge in [0.05, 0.1) is 13.2 Å². The smallest absolute Gasteiger partial charge is 0.325 e. The molecule has 0 aromatic rings. The highest BCUT2D eigenvalue weighted by atomic mass is 16.5. The van der Waals surface area contributed by atoms with Crippen molar-refractivity contribution in [1.29, 1.82) is 0 Å². The van der Waals surface area contributed by atoms with Crippen molar-refractivity contribution < 1.29 is 19.1 Å². The van der Waals surface area contributed by atoms with Crippen LogP contribution in [-0.4, -0.2) is 49.4 Å². The first-order valence-corrected chi connectivity index (χ1v) is 13.7. The highest BCUT2D eigenvalue weighted by Crippen LogP contribution is 2.11. The molecule has 1 N–H and O–H groups in total. The summed E-state index contributed by atoms with van der Waals surface area (Å²) >= 11 is 0. The molecule has 0 saturated heterocycles. The zero-order chi connectivity index (χ0) is 24.6. The summed E-state index contributed by atoms with van der Waals surface area (Å²) in [6.45, 7) is 4.68. The van der Waals surface area contributed by atoms with Gasteiger partial charge >= 0.3 is 5.97 Å². The Morgan fingerprint density at radius 3 is 1.64 bits per heavy atom. The molecule has 194 valence electrons. The molecule has 6 nitrogen and oxygen atoms in total. The topological polar surface area (TPSA) is 75.7 Å². The lowest BCUT2D eigenvalue weighted by Gasteiger charge is -2.16. The standard InChI is InChI=1S/C27H52N2O4/c1-4-6-8-10-12-14-15-17-19-21-26(31)29(3)24-25(30)28-23-27(32)33-22-20-18-16-13-11-9-7-5-2/h4-24H2,1-3H3,(H,28,30). The monoisotopic (exact) mass is 468 g/mol. The van der Waals surface area contributed by atoms with Crippen LogP contribution in [0.4, 0.5) is 0 Å². The van der Waals surface area contributed by atoms with Gasteiger partial charge in [-0.15, -0.1) is 0 Å². The van der Waals surface area contributed by atoms with Gasteiger partial charge in [0.15, 0.2) is 0 Å². The van der Waals surface area contributed by atoms with Gasteiger partial charge in [0, 0.05) is 13.5 Å². The van der Waals surface area contributed by atoms with E-state index in [1.54, 1.807) is 7.05 Å². The maximum atomic E-state index is 12.2. The van der Waals surface area contributed by atoms with E-state index in [2.05, 4.69) is 19.2 Å². The molecule has 0 radical (unpaired) electrons. The minimum atomic E-state index is -0.421. The molecule has 0 spiro atoms. The summed E-state index contributed by atoms with van der Waals surface area (Å²) in [6, 6.07) is 0. The molecule has 0 atom stereocenters. The number of hydrogen-bond donors (Lipinski definition) is 1. The second kappa shape index (κ2) is 23.6. The average molecular weight is 469 g/mol. The van der Waals surface area contributed by atoms with Crippen LogP contribution in [0.1, 0.15) is 129 Å². The van der Waals surface area contributed by atoms with E-state index in [1.165, 1.54) is 88.4 Å². The van der Waals surface area contributed by atoms with Crippen LogP contribution in [0.15, 0.2) is 0 Å². The number of carbonyl (C=O) groups is 3. The first-order valence-electron chi connectivity index (χ1n) is 13.7. The Kier molecular flexibility index (Phi) is 22.4. The van der Waals surface area contributed by atoms with E-state index in [0.717, 1.165) is 25.7 Å². The first kappa shape index (κ1) is 31.4. The van der Waals surface area contributed by atoms with Crippen LogP contribution in [-0.2, 0) is 19.1 Å². The van der Waals surface area contributed by atoms with Gasteiger partial charge in [-0.3, -0.25) is 14.4 Å². The second-order valence-electron chi connectivity index (χ2n) is 9.30. The van der Waals surface area contributed by atoms with E-state index < -0.39 is 5.97 Å². The average Bonchev–Trinajstić information content (AvgIpc) is 2.80. The molecular weight excluding hydrogens is 416 g/mol. The molecule has 33 heavy (non-hydrogen) atoms. The van der Waals surface area contributed by atoms with Crippen molar-refractivity contribution in [3.8, 4) is 0 Å². The van der Waals surface area contributed by atoms with Gasteiger partial charge in [-0.1, -0.05) is 110 Å². The number of hydrogen-bond acceptors (Lipinski definition) is 4. The maximum absolute atomic E-state index is 12.2. The van der Waals surface area contributed by atoms with Gasteiger partial charge in [-0.2, -0.15) is 0 Å². The lowest BCUT2D eigenvalue weighted by Crippen LogP contribution is -2.40. The Hall–Kier alpha value is -1.59. The van der Waals surface area contributed by atoms with Crippen molar-refractivity contribution in [3.05, 3.63) is 0 Å². The third-order valence-electron chi connectivity index (χ3n) is 5.99. The quantitative estimate of drug-likeness (QED) is 0.144. The van der Waals surface area contributed by atoms with E-state index in [0.29, 0.717) is 13.0 Å². The zero-order valence-electron chi connectivity index (χ0n) is 21.9. The van der Waals surface area contributed by atoms with Gasteiger partial charge in [0.1, 0.15) is 6.54 Å². The summed E-state index contributed by atoms with van der Waals surface area (Å²) in [4.78, 5) is 37.4. The first-order chi connectivity index (χ1) is 16.0. The van der Waals surface area contributed by atoms with Crippen molar-refractivity contribution in [1.82, 2.24) is 10.2 Å². The number of esters is 1. The molecule has 0 aromatic carbocycles. The number of ether oxygens (including phenoxy) is 1. The van der Waals surface area contributed by atoms with Crippen LogP contribution in [0, 0.1) is 0 Å². The lowest BCUT2D eigenvalue weighted by atomic mass is 10.1. The predicted octanol–water partition coefficient (Wildman–Crippen LogP) is 6.17. The fourth-order valence-electron chi connectivity index (χ4n) is 3.78. The number of carbonyl (C=O) groups excluding carboxylic acids is 3. The number of nitrogens with zero attached hydrogens (tertiary/aromatic N) is 1. The number of unbranched alkanes of at least 4 members (excludes halogenated alkanes) is 15. The second-order valence-corrected chi connectivity index (χ2v) is 9.30. The molecule has 0 aliphatic rings. The van der Waals surface area contributed by atoms with Crippen molar-refractivity contribution >= 4 is 17.8 Å². The molecule has 0 unspecified atom stereocenters. The highest BCUT2D eigenvalue weighted by Gasteiger charge is 2.13. The Morgan fingerprint density at radius 2 is 1.12 bits per heavy atom. The SMILES string of the molecule is CCCCCCCCCCCC(=O)N(C)CC(=O)NCC(=O)OCCCCCCCCCC. The fourth-order valence-corrected chi connectivity index (χ4v) is 3.78. The van der Waals surface area contributed by atoms with Gasteiger partial charge < -0.3 is 15.0 Å². The normalized spacial score (nSPS) is 10.8. The summed E-state index contributed by atoms with van der Waals surface area (Å²) in [6.07, 6.45) is 20.9. The van der Waals surface area contributed by atoms with E-state index in [4.69, 9.17) is 4.74 Å². The summed E-state index contributed by atoms with van der Waals surface area (Å²) in [7, 11) is 1.64. The van der Waals surface area contributed by atoms with Gasteiger partial charge in [0.25, 0.3) is 0 Å². The highest BCUT2D eigenvalue weighted by molar-refractivity contribution is 5.86. The van der Waals surface area contributed by atoms with Gasteiger partial charge in [0.2, 0.25) is 11.8 Å². The number of amides is 2. The van der Waals surface area contributed by atoms with E-state index in [-0.39, 0.29) is 24.9 Å². The molecule has 0 rings (SSSR count). The summed E-state index contributed by atoms with van der Waals surface area (Å²) < 4.78 is 5.17. The molecule has 0 saturated carbocycles. The molecule has 0 heterocycles. The number of rotatable bonds is 23. The van der Waals surface area contributed by atoms with Crippen LogP contribution in [0.2, 0.25) is 0 Å². The number of nitrogens with one attached hydrogen (secondary N) is 1. The lowest BCUT2D eigenvalue weighted by molar-refractivity contribution is -0.144. The third-order valence-corrected chi connectivity index (χ3v) is 5.99. The largest absolute Gasteiger partial charge is 0.464 e. The van der Waals surface area contributed by atoms with E-state index >= 15 is 0 Å². The van der Waals surface area contributed by atoms with E-state index in [1.807, 2.05) is 0 Å². The van der Waals surface area contributed by atoms with Crippen LogP contribution in [0.25, 0.3) is 0 Å². The van der Waals surface area contributed by atoms with E-state index in [9.17, 15) is 14.4 Å². The van der Waals surface area contributed by atoms with Crippen molar-refractivity contribution in [3.63, 3.8) is 0 Å². The van der Waals surface area contributed by atoms with Gasteiger partial charge in [-0.05, 0) is 12.8 Å². The molecule has 0 bridgehead atoms. The van der Waals surface area contributed by atoms with Crippen molar-refractivity contribution in [2.24, 2.45) is 0 Å². The molecule has 2 amide bonds. The molecular formula is C27H52N2O4. The Morgan fingerprint density at radius 1 is 0.667 bits per heavy atom. The summed E-state index contributed by atoms with van der Waals surface area (Å²) in [5.41, 5.74) is 0. The number of likely N-dealkylation sites (N-methyl/N-ethyl adjacent to an activating group) is 1. The predicted molar refractivity (Wildman–Crippen MR) is 136 cm³/mol. The van der Waals surface area contributed by atoms with Crippen LogP contribution in [0.5, 0.6) is 0 Å². The fraction of sp³-hybridized carbons (Fsp3) is 0.889. The minimum Gasteiger partial charge on any atom is -0.464 e. The molecule has 6 heteroatoms. The van der Waals surface area contributed by atoms with Crippen molar-refractivity contribution in [2.45, 2.75) is 129 Å². The molecule has 0 aliphatic heterocycles. The Balaban J connectivity index is 3.62. The van der Waals surface area contributed by atoms with Crippen LogP contribution >= 0.6 is 0 Å². The maximum Gasteiger partial charge on any atom is 0.325 e. The minimum absolute atomic E-state index is 0.0228. The third kappa shape index (κ3) is 22.0. The summed E-state index contributed by atoms with van der Waals surface area (Å²) in [5, 5.41) is 2.55.